The maximum absolute atomic E-state index is 12.2. The largest absolute Gasteiger partial charge is 0.457 e. The molecule has 0 atom stereocenters. The minimum atomic E-state index is -0.765. The Morgan fingerprint density at radius 1 is 0.968 bits per heavy atom. The number of nitrogens with one attached hydrogen (secondary N) is 2. The molecule has 2 aromatic carbocycles. The number of benzene rings is 2. The summed E-state index contributed by atoms with van der Waals surface area (Å²) < 4.78 is 10.5. The van der Waals surface area contributed by atoms with Crippen molar-refractivity contribution in [3.8, 4) is 17.6 Å². The van der Waals surface area contributed by atoms with Crippen LogP contribution >= 0.6 is 11.3 Å². The predicted molar refractivity (Wildman–Crippen MR) is 114 cm³/mol. The summed E-state index contributed by atoms with van der Waals surface area (Å²) in [5.74, 6) is -0.565. The summed E-state index contributed by atoms with van der Waals surface area (Å²) in [5, 5.41) is 15.9. The van der Waals surface area contributed by atoms with Crippen LogP contribution < -0.4 is 15.4 Å². The van der Waals surface area contributed by atoms with E-state index in [0.29, 0.717) is 27.6 Å². The van der Waals surface area contributed by atoms with Gasteiger partial charge in [-0.05, 0) is 47.8 Å². The highest BCUT2D eigenvalue weighted by Crippen LogP contribution is 2.22. The number of thiophene rings is 1. The van der Waals surface area contributed by atoms with Crippen LogP contribution in [-0.4, -0.2) is 30.9 Å². The Morgan fingerprint density at radius 2 is 1.68 bits per heavy atom. The smallest absolute Gasteiger partial charge is 0.325 e. The predicted octanol–water partition coefficient (Wildman–Crippen LogP) is 3.32. The normalized spacial score (nSPS) is 9.90. The van der Waals surface area contributed by atoms with Gasteiger partial charge in [-0.3, -0.25) is 14.4 Å². The number of nitriles is 1. The summed E-state index contributed by atoms with van der Waals surface area (Å²) in [7, 11) is 0. The van der Waals surface area contributed by atoms with Crippen LogP contribution in [0.3, 0.4) is 0 Å². The van der Waals surface area contributed by atoms with E-state index in [-0.39, 0.29) is 0 Å². The number of carbonyl (C=O) groups is 3. The van der Waals surface area contributed by atoms with Crippen LogP contribution in [0, 0.1) is 11.3 Å². The molecule has 3 rings (SSSR count). The molecule has 0 unspecified atom stereocenters. The first-order valence-electron chi connectivity index (χ1n) is 9.09. The van der Waals surface area contributed by atoms with Crippen molar-refractivity contribution in [1.82, 2.24) is 5.32 Å². The molecule has 0 saturated heterocycles. The Hall–Kier alpha value is -4.16. The Morgan fingerprint density at radius 3 is 2.39 bits per heavy atom. The molecule has 1 heterocycles. The third-order valence-corrected chi connectivity index (χ3v) is 4.72. The van der Waals surface area contributed by atoms with Gasteiger partial charge in [-0.2, -0.15) is 5.26 Å². The first-order chi connectivity index (χ1) is 15.0. The van der Waals surface area contributed by atoms with Crippen molar-refractivity contribution in [2.75, 3.05) is 18.5 Å². The fraction of sp³-hybridized carbons (Fsp3) is 0.0909. The minimum Gasteiger partial charge on any atom is -0.457 e. The number of rotatable bonds is 8. The summed E-state index contributed by atoms with van der Waals surface area (Å²) >= 11 is 1.19. The number of para-hydroxylation sites is 1. The van der Waals surface area contributed by atoms with E-state index in [1.54, 1.807) is 35.7 Å². The van der Waals surface area contributed by atoms with Crippen LogP contribution in [-0.2, 0) is 14.3 Å². The zero-order valence-electron chi connectivity index (χ0n) is 16.2. The van der Waals surface area contributed by atoms with Gasteiger partial charge in [0.2, 0.25) is 0 Å². The monoisotopic (exact) mass is 435 g/mol. The zero-order chi connectivity index (χ0) is 22.1. The summed E-state index contributed by atoms with van der Waals surface area (Å²) in [6.07, 6.45) is 0. The van der Waals surface area contributed by atoms with Crippen molar-refractivity contribution < 1.29 is 23.9 Å². The number of amides is 2. The molecule has 1 aromatic heterocycles. The SMILES string of the molecule is N#Cc1ccsc1NC(=O)COC(=O)CNC(=O)c1ccc(Oc2ccccc2)cc1. The van der Waals surface area contributed by atoms with Gasteiger partial charge in [-0.1, -0.05) is 18.2 Å². The summed E-state index contributed by atoms with van der Waals surface area (Å²) in [4.78, 5) is 35.8. The Kier molecular flexibility index (Phi) is 7.35. The van der Waals surface area contributed by atoms with Gasteiger partial charge in [-0.25, -0.2) is 0 Å². The highest BCUT2D eigenvalue weighted by molar-refractivity contribution is 7.14. The van der Waals surface area contributed by atoms with Crippen LogP contribution in [0.2, 0.25) is 0 Å². The van der Waals surface area contributed by atoms with E-state index in [1.807, 2.05) is 36.4 Å². The second-order valence-electron chi connectivity index (χ2n) is 6.11. The first-order valence-corrected chi connectivity index (χ1v) is 9.97. The standard InChI is InChI=1S/C22H17N3O5S/c23-12-16-10-11-31-22(16)25-19(26)14-29-20(27)13-24-21(28)15-6-8-18(9-7-15)30-17-4-2-1-3-5-17/h1-11H,13-14H2,(H,24,28)(H,25,26). The molecular formula is C22H17N3O5S. The van der Waals surface area contributed by atoms with Crippen LogP contribution in [0.4, 0.5) is 5.00 Å². The maximum atomic E-state index is 12.2. The Balaban J connectivity index is 1.41. The lowest BCUT2D eigenvalue weighted by Crippen LogP contribution is -2.32. The Labute approximate surface area is 182 Å². The van der Waals surface area contributed by atoms with Crippen LogP contribution in [0.15, 0.2) is 66.0 Å². The lowest BCUT2D eigenvalue weighted by molar-refractivity contribution is -0.146. The van der Waals surface area contributed by atoms with E-state index in [9.17, 15) is 14.4 Å². The summed E-state index contributed by atoms with van der Waals surface area (Å²) in [6, 6.07) is 19.2. The van der Waals surface area contributed by atoms with Gasteiger partial charge in [0.15, 0.2) is 6.61 Å². The average Bonchev–Trinajstić information content (AvgIpc) is 3.24. The molecule has 3 aromatic rings. The van der Waals surface area contributed by atoms with Gasteiger partial charge in [0.25, 0.3) is 11.8 Å². The van der Waals surface area contributed by atoms with Crippen LogP contribution in [0.1, 0.15) is 15.9 Å². The van der Waals surface area contributed by atoms with Crippen molar-refractivity contribution >= 4 is 34.1 Å². The van der Waals surface area contributed by atoms with E-state index in [1.165, 1.54) is 11.3 Å². The number of esters is 1. The van der Waals surface area contributed by atoms with Gasteiger partial charge < -0.3 is 20.1 Å². The topological polar surface area (TPSA) is 118 Å². The fourth-order valence-electron chi connectivity index (χ4n) is 2.41. The van der Waals surface area contributed by atoms with Gasteiger partial charge in [0.05, 0.1) is 5.56 Å². The van der Waals surface area contributed by atoms with Gasteiger partial charge in [0, 0.05) is 5.56 Å². The maximum Gasteiger partial charge on any atom is 0.325 e. The van der Waals surface area contributed by atoms with Crippen molar-refractivity contribution in [1.29, 1.82) is 5.26 Å². The molecule has 0 spiro atoms. The number of nitrogens with zero attached hydrogens (tertiary/aromatic N) is 1. The van der Waals surface area contributed by atoms with E-state index < -0.39 is 30.9 Å². The quantitative estimate of drug-likeness (QED) is 0.524. The van der Waals surface area contributed by atoms with Gasteiger partial charge in [0.1, 0.15) is 29.1 Å². The van der Waals surface area contributed by atoms with Crippen LogP contribution in [0.25, 0.3) is 0 Å². The highest BCUT2D eigenvalue weighted by Gasteiger charge is 2.13. The number of hydrogen-bond donors (Lipinski definition) is 2. The van der Waals surface area contributed by atoms with E-state index in [0.717, 1.165) is 0 Å². The number of anilines is 1. The van der Waals surface area contributed by atoms with Gasteiger partial charge in [-0.15, -0.1) is 11.3 Å². The van der Waals surface area contributed by atoms with Crippen molar-refractivity contribution in [2.45, 2.75) is 0 Å². The van der Waals surface area contributed by atoms with Crippen molar-refractivity contribution in [3.05, 3.63) is 77.2 Å². The lowest BCUT2D eigenvalue weighted by atomic mass is 10.2. The second-order valence-corrected chi connectivity index (χ2v) is 7.02. The zero-order valence-corrected chi connectivity index (χ0v) is 17.0. The molecule has 0 fully saturated rings. The minimum absolute atomic E-state index is 0.331. The van der Waals surface area contributed by atoms with Gasteiger partial charge >= 0.3 is 5.97 Å². The van der Waals surface area contributed by atoms with E-state index in [2.05, 4.69) is 10.6 Å². The number of carbonyl (C=O) groups excluding carboxylic acids is 3. The third-order valence-electron chi connectivity index (χ3n) is 3.89. The molecule has 0 saturated carbocycles. The molecule has 156 valence electrons. The average molecular weight is 435 g/mol. The molecular weight excluding hydrogens is 418 g/mol. The molecule has 9 heteroatoms. The first kappa shape index (κ1) is 21.5. The number of ether oxygens (including phenoxy) is 2. The molecule has 0 aliphatic heterocycles. The molecule has 2 amide bonds. The highest BCUT2D eigenvalue weighted by atomic mass is 32.1. The number of hydrogen-bond acceptors (Lipinski definition) is 7. The van der Waals surface area contributed by atoms with Crippen molar-refractivity contribution in [3.63, 3.8) is 0 Å². The van der Waals surface area contributed by atoms with E-state index in [4.69, 9.17) is 14.7 Å². The lowest BCUT2D eigenvalue weighted by Gasteiger charge is -2.08. The van der Waals surface area contributed by atoms with E-state index >= 15 is 0 Å². The third kappa shape index (κ3) is 6.42. The molecule has 2 N–H and O–H groups in total. The molecule has 0 aliphatic rings. The second kappa shape index (κ2) is 10.6. The van der Waals surface area contributed by atoms with Crippen molar-refractivity contribution in [2.24, 2.45) is 0 Å². The Bertz CT molecular complexity index is 1100. The molecule has 0 aliphatic carbocycles. The summed E-state index contributed by atoms with van der Waals surface area (Å²) in [6.45, 7) is -0.917. The summed E-state index contributed by atoms with van der Waals surface area (Å²) in [5.41, 5.74) is 0.671. The molecule has 31 heavy (non-hydrogen) atoms. The van der Waals surface area contributed by atoms with Crippen LogP contribution in [0.5, 0.6) is 11.5 Å². The molecule has 0 bridgehead atoms. The molecule has 0 radical (unpaired) electrons. The fourth-order valence-corrected chi connectivity index (χ4v) is 3.16. The molecule has 8 nitrogen and oxygen atoms in total.